The van der Waals surface area contributed by atoms with Crippen molar-refractivity contribution in [2.45, 2.75) is 19.3 Å². The molecule has 0 unspecified atom stereocenters. The molecule has 0 bridgehead atoms. The Bertz CT molecular complexity index is 490. The van der Waals surface area contributed by atoms with E-state index in [9.17, 15) is 4.79 Å². The molecule has 2 heterocycles. The van der Waals surface area contributed by atoms with E-state index in [0.717, 1.165) is 38.1 Å². The molecule has 1 fully saturated rings. The monoisotopic (exact) mass is 304 g/mol. The van der Waals surface area contributed by atoms with Crippen molar-refractivity contribution in [3.05, 3.63) is 36.8 Å². The minimum absolute atomic E-state index is 0.0863. The molecule has 6 heteroatoms. The third-order valence-corrected chi connectivity index (χ3v) is 3.49. The van der Waals surface area contributed by atoms with Crippen LogP contribution in [-0.4, -0.2) is 49.5 Å². The first-order valence-corrected chi connectivity index (χ1v) is 7.73. The number of rotatable bonds is 7. The van der Waals surface area contributed by atoms with Crippen molar-refractivity contribution in [3.63, 3.8) is 0 Å². The molecule has 0 spiro atoms. The zero-order valence-electron chi connectivity index (χ0n) is 12.9. The SMILES string of the molecule is C=CCNC(=NCC(=O)N1CCCC1)NCCc1ccco1. The number of carbonyl (C=O) groups is 1. The lowest BCUT2D eigenvalue weighted by atomic mass is 10.3. The van der Waals surface area contributed by atoms with Crippen LogP contribution in [0.2, 0.25) is 0 Å². The van der Waals surface area contributed by atoms with E-state index in [-0.39, 0.29) is 12.5 Å². The number of amides is 1. The molecule has 0 aliphatic carbocycles. The Morgan fingerprint density at radius 3 is 2.91 bits per heavy atom. The van der Waals surface area contributed by atoms with Gasteiger partial charge in [0, 0.05) is 32.6 Å². The molecule has 1 aliphatic heterocycles. The van der Waals surface area contributed by atoms with Crippen LogP contribution >= 0.6 is 0 Å². The molecular weight excluding hydrogens is 280 g/mol. The maximum absolute atomic E-state index is 12.0. The number of hydrogen-bond donors (Lipinski definition) is 2. The van der Waals surface area contributed by atoms with Crippen LogP contribution in [0.5, 0.6) is 0 Å². The Labute approximate surface area is 131 Å². The molecule has 1 aromatic rings. The van der Waals surface area contributed by atoms with Crippen LogP contribution in [0.3, 0.4) is 0 Å². The van der Waals surface area contributed by atoms with Gasteiger partial charge in [0.25, 0.3) is 0 Å². The minimum atomic E-state index is 0.0863. The van der Waals surface area contributed by atoms with E-state index in [2.05, 4.69) is 22.2 Å². The summed E-state index contributed by atoms with van der Waals surface area (Å²) in [5.74, 6) is 1.63. The Balaban J connectivity index is 1.79. The largest absolute Gasteiger partial charge is 0.469 e. The number of carbonyl (C=O) groups excluding carboxylic acids is 1. The van der Waals surface area contributed by atoms with Crippen LogP contribution in [0.15, 0.2) is 40.5 Å². The van der Waals surface area contributed by atoms with Crippen LogP contribution in [-0.2, 0) is 11.2 Å². The fraction of sp³-hybridized carbons (Fsp3) is 0.500. The highest BCUT2D eigenvalue weighted by atomic mass is 16.3. The topological polar surface area (TPSA) is 69.9 Å². The van der Waals surface area contributed by atoms with Gasteiger partial charge in [0.2, 0.25) is 5.91 Å². The maximum Gasteiger partial charge on any atom is 0.244 e. The van der Waals surface area contributed by atoms with Gasteiger partial charge in [-0.25, -0.2) is 4.99 Å². The number of furan rings is 1. The van der Waals surface area contributed by atoms with Crippen LogP contribution in [0, 0.1) is 0 Å². The van der Waals surface area contributed by atoms with Gasteiger partial charge in [-0.3, -0.25) is 4.79 Å². The van der Waals surface area contributed by atoms with Crippen molar-refractivity contribution in [2.24, 2.45) is 4.99 Å². The van der Waals surface area contributed by atoms with Crippen molar-refractivity contribution in [3.8, 4) is 0 Å². The Kier molecular flexibility index (Phi) is 6.54. The van der Waals surface area contributed by atoms with Gasteiger partial charge in [-0.1, -0.05) is 6.08 Å². The number of likely N-dealkylation sites (tertiary alicyclic amines) is 1. The molecule has 1 aliphatic rings. The van der Waals surface area contributed by atoms with E-state index in [1.807, 2.05) is 17.0 Å². The molecule has 1 amide bonds. The first-order chi connectivity index (χ1) is 10.8. The molecule has 0 saturated carbocycles. The van der Waals surface area contributed by atoms with Gasteiger partial charge in [-0.15, -0.1) is 6.58 Å². The summed E-state index contributed by atoms with van der Waals surface area (Å²) in [6.07, 6.45) is 6.37. The van der Waals surface area contributed by atoms with E-state index < -0.39 is 0 Å². The second-order valence-corrected chi connectivity index (χ2v) is 5.18. The predicted octanol–water partition coefficient (Wildman–Crippen LogP) is 1.17. The minimum Gasteiger partial charge on any atom is -0.469 e. The van der Waals surface area contributed by atoms with Crippen molar-refractivity contribution in [1.29, 1.82) is 0 Å². The summed E-state index contributed by atoms with van der Waals surface area (Å²) >= 11 is 0. The molecule has 1 saturated heterocycles. The fourth-order valence-corrected chi connectivity index (χ4v) is 2.32. The molecule has 1 aromatic heterocycles. The molecule has 0 atom stereocenters. The summed E-state index contributed by atoms with van der Waals surface area (Å²) in [6, 6.07) is 3.81. The van der Waals surface area contributed by atoms with Crippen molar-refractivity contribution in [1.82, 2.24) is 15.5 Å². The molecule has 22 heavy (non-hydrogen) atoms. The normalized spacial score (nSPS) is 14.9. The summed E-state index contributed by atoms with van der Waals surface area (Å²) in [7, 11) is 0. The van der Waals surface area contributed by atoms with Gasteiger partial charge in [-0.05, 0) is 25.0 Å². The maximum atomic E-state index is 12.0. The number of nitrogens with zero attached hydrogens (tertiary/aromatic N) is 2. The van der Waals surface area contributed by atoms with Gasteiger partial charge in [0.1, 0.15) is 12.3 Å². The first-order valence-electron chi connectivity index (χ1n) is 7.73. The first kappa shape index (κ1) is 16.1. The zero-order valence-corrected chi connectivity index (χ0v) is 12.9. The summed E-state index contributed by atoms with van der Waals surface area (Å²) in [5.41, 5.74) is 0. The average molecular weight is 304 g/mol. The van der Waals surface area contributed by atoms with Crippen LogP contribution in [0.4, 0.5) is 0 Å². The molecule has 0 radical (unpaired) electrons. The van der Waals surface area contributed by atoms with Gasteiger partial charge < -0.3 is 20.0 Å². The summed E-state index contributed by atoms with van der Waals surface area (Å²) in [4.78, 5) is 18.2. The summed E-state index contributed by atoms with van der Waals surface area (Å²) < 4.78 is 5.28. The van der Waals surface area contributed by atoms with E-state index in [1.165, 1.54) is 0 Å². The smallest absolute Gasteiger partial charge is 0.244 e. The number of guanidine groups is 1. The summed E-state index contributed by atoms with van der Waals surface area (Å²) in [5, 5.41) is 6.31. The van der Waals surface area contributed by atoms with E-state index >= 15 is 0 Å². The predicted molar refractivity (Wildman–Crippen MR) is 86.7 cm³/mol. The number of nitrogens with one attached hydrogen (secondary N) is 2. The van der Waals surface area contributed by atoms with E-state index in [0.29, 0.717) is 19.0 Å². The van der Waals surface area contributed by atoms with Gasteiger partial charge in [0.05, 0.1) is 6.26 Å². The van der Waals surface area contributed by atoms with E-state index in [4.69, 9.17) is 4.42 Å². The second-order valence-electron chi connectivity index (χ2n) is 5.18. The Morgan fingerprint density at radius 1 is 1.41 bits per heavy atom. The molecule has 6 nitrogen and oxygen atoms in total. The highest BCUT2D eigenvalue weighted by Gasteiger charge is 2.17. The summed E-state index contributed by atoms with van der Waals surface area (Å²) in [6.45, 7) is 6.85. The lowest BCUT2D eigenvalue weighted by molar-refractivity contribution is -0.128. The zero-order chi connectivity index (χ0) is 15.6. The third kappa shape index (κ3) is 5.27. The van der Waals surface area contributed by atoms with Gasteiger partial charge in [-0.2, -0.15) is 0 Å². The van der Waals surface area contributed by atoms with Crippen molar-refractivity contribution >= 4 is 11.9 Å². The molecular formula is C16H24N4O2. The average Bonchev–Trinajstić information content (AvgIpc) is 3.22. The lowest BCUT2D eigenvalue weighted by Gasteiger charge is -2.15. The quantitative estimate of drug-likeness (QED) is 0.451. The van der Waals surface area contributed by atoms with Gasteiger partial charge in [0.15, 0.2) is 5.96 Å². The fourth-order valence-electron chi connectivity index (χ4n) is 2.32. The molecule has 2 rings (SSSR count). The Hall–Kier alpha value is -2.24. The number of aliphatic imine (C=N–C) groups is 1. The molecule has 120 valence electrons. The van der Waals surface area contributed by atoms with Crippen LogP contribution in [0.1, 0.15) is 18.6 Å². The molecule has 2 N–H and O–H groups in total. The highest BCUT2D eigenvalue weighted by Crippen LogP contribution is 2.07. The van der Waals surface area contributed by atoms with Crippen LogP contribution < -0.4 is 10.6 Å². The highest BCUT2D eigenvalue weighted by molar-refractivity contribution is 5.85. The van der Waals surface area contributed by atoms with Crippen molar-refractivity contribution in [2.75, 3.05) is 32.7 Å². The molecule has 0 aromatic carbocycles. The standard InChI is InChI=1S/C16H24N4O2/c1-2-8-17-16(18-9-7-14-6-5-12-22-14)19-13-15(21)20-10-3-4-11-20/h2,5-6,12H,1,3-4,7-11,13H2,(H2,17,18,19). The van der Waals surface area contributed by atoms with E-state index in [1.54, 1.807) is 12.3 Å². The number of hydrogen-bond acceptors (Lipinski definition) is 3. The third-order valence-electron chi connectivity index (χ3n) is 3.49. The Morgan fingerprint density at radius 2 is 2.23 bits per heavy atom. The van der Waals surface area contributed by atoms with Gasteiger partial charge >= 0.3 is 0 Å². The lowest BCUT2D eigenvalue weighted by Crippen LogP contribution is -2.39. The second kappa shape index (κ2) is 8.92. The van der Waals surface area contributed by atoms with Crippen LogP contribution in [0.25, 0.3) is 0 Å². The van der Waals surface area contributed by atoms with Crippen molar-refractivity contribution < 1.29 is 9.21 Å².